The normalized spacial score (nSPS) is 11.5. The van der Waals surface area contributed by atoms with E-state index in [0.29, 0.717) is 13.1 Å². The molecule has 1 heterocycles. The van der Waals surface area contributed by atoms with E-state index in [0.717, 1.165) is 16.7 Å². The van der Waals surface area contributed by atoms with Crippen LogP contribution in [0.5, 0.6) is 0 Å². The van der Waals surface area contributed by atoms with Crippen molar-refractivity contribution in [3.8, 4) is 0 Å². The van der Waals surface area contributed by atoms with E-state index in [9.17, 15) is 9.59 Å². The molecule has 0 unspecified atom stereocenters. The number of aromatic nitrogens is 1. The fourth-order valence-corrected chi connectivity index (χ4v) is 3.06. The number of benzene rings is 2. The van der Waals surface area contributed by atoms with Gasteiger partial charge in [0.2, 0.25) is 11.8 Å². The van der Waals surface area contributed by atoms with Crippen LogP contribution in [0.3, 0.4) is 0 Å². The maximum absolute atomic E-state index is 13.1. The zero-order chi connectivity index (χ0) is 19.8. The van der Waals surface area contributed by atoms with E-state index in [1.54, 1.807) is 17.3 Å². The maximum Gasteiger partial charge on any atom is 0.247 e. The first-order valence-corrected chi connectivity index (χ1v) is 9.18. The summed E-state index contributed by atoms with van der Waals surface area (Å²) < 4.78 is 0. The van der Waals surface area contributed by atoms with Gasteiger partial charge in [0.1, 0.15) is 6.04 Å². The van der Waals surface area contributed by atoms with Crippen molar-refractivity contribution in [2.75, 3.05) is 0 Å². The van der Waals surface area contributed by atoms with Crippen molar-refractivity contribution >= 4 is 11.8 Å². The molecule has 5 nitrogen and oxygen atoms in total. The van der Waals surface area contributed by atoms with Crippen molar-refractivity contribution in [2.24, 2.45) is 0 Å². The minimum absolute atomic E-state index is 0.156. The second kappa shape index (κ2) is 9.46. The van der Waals surface area contributed by atoms with E-state index in [1.807, 2.05) is 72.8 Å². The molecule has 142 valence electrons. The summed E-state index contributed by atoms with van der Waals surface area (Å²) in [5, 5.41) is 2.96. The van der Waals surface area contributed by atoms with Crippen molar-refractivity contribution in [3.05, 3.63) is 102 Å². The van der Waals surface area contributed by atoms with Gasteiger partial charge in [0.15, 0.2) is 0 Å². The topological polar surface area (TPSA) is 62.3 Å². The van der Waals surface area contributed by atoms with Crippen molar-refractivity contribution < 1.29 is 9.59 Å². The smallest absolute Gasteiger partial charge is 0.247 e. The second-order valence-electron chi connectivity index (χ2n) is 6.52. The fraction of sp³-hybridized carbons (Fsp3) is 0.174. The van der Waals surface area contributed by atoms with Crippen LogP contribution < -0.4 is 5.32 Å². The molecule has 0 saturated heterocycles. The molecule has 0 aliphatic carbocycles. The third-order valence-electron chi connectivity index (χ3n) is 4.49. The van der Waals surface area contributed by atoms with Crippen molar-refractivity contribution in [1.29, 1.82) is 0 Å². The third-order valence-corrected chi connectivity index (χ3v) is 4.49. The van der Waals surface area contributed by atoms with Crippen LogP contribution in [0, 0.1) is 0 Å². The average molecular weight is 373 g/mol. The highest BCUT2D eigenvalue weighted by atomic mass is 16.2. The Bertz CT molecular complexity index is 899. The summed E-state index contributed by atoms with van der Waals surface area (Å²) in [4.78, 5) is 31.2. The van der Waals surface area contributed by atoms with Crippen LogP contribution in [-0.2, 0) is 22.7 Å². The molecule has 0 aliphatic rings. The highest BCUT2D eigenvalue weighted by Gasteiger charge is 2.29. The van der Waals surface area contributed by atoms with Gasteiger partial charge in [-0.1, -0.05) is 60.7 Å². The molecule has 0 aliphatic heterocycles. The van der Waals surface area contributed by atoms with E-state index in [-0.39, 0.29) is 11.8 Å². The number of rotatable bonds is 7. The number of hydrogen-bond donors (Lipinski definition) is 1. The monoisotopic (exact) mass is 373 g/mol. The molecule has 2 aromatic carbocycles. The number of carbonyl (C=O) groups excluding carboxylic acids is 2. The molecule has 0 fully saturated rings. The molecule has 0 bridgehead atoms. The first-order valence-electron chi connectivity index (χ1n) is 9.18. The van der Waals surface area contributed by atoms with Crippen LogP contribution in [0.15, 0.2) is 85.2 Å². The van der Waals surface area contributed by atoms with Gasteiger partial charge in [-0.2, -0.15) is 0 Å². The van der Waals surface area contributed by atoms with Crippen molar-refractivity contribution in [3.63, 3.8) is 0 Å². The largest absolute Gasteiger partial charge is 0.350 e. The van der Waals surface area contributed by atoms with Crippen LogP contribution in [0.4, 0.5) is 0 Å². The Morgan fingerprint density at radius 3 is 2.11 bits per heavy atom. The second-order valence-corrected chi connectivity index (χ2v) is 6.52. The van der Waals surface area contributed by atoms with Gasteiger partial charge in [-0.15, -0.1) is 0 Å². The number of carbonyl (C=O) groups is 2. The van der Waals surface area contributed by atoms with Crippen LogP contribution >= 0.6 is 0 Å². The molecular formula is C23H23N3O2. The van der Waals surface area contributed by atoms with Gasteiger partial charge in [-0.25, -0.2) is 0 Å². The van der Waals surface area contributed by atoms with Gasteiger partial charge in [0.25, 0.3) is 0 Å². The van der Waals surface area contributed by atoms with Crippen LogP contribution in [0.2, 0.25) is 0 Å². The SMILES string of the molecule is CC(=O)N(Cc1ccccc1)[C@H](C(=O)NCc1ccncc1)c1ccccc1. The predicted octanol–water partition coefficient (Wildman–Crippen LogP) is 3.49. The minimum atomic E-state index is -0.708. The fourth-order valence-electron chi connectivity index (χ4n) is 3.06. The molecule has 1 aromatic heterocycles. The molecule has 1 atom stereocenters. The highest BCUT2D eigenvalue weighted by Crippen LogP contribution is 2.24. The predicted molar refractivity (Wildman–Crippen MR) is 108 cm³/mol. The van der Waals surface area contributed by atoms with Crippen LogP contribution in [0.25, 0.3) is 0 Å². The van der Waals surface area contributed by atoms with E-state index >= 15 is 0 Å². The van der Waals surface area contributed by atoms with Crippen LogP contribution in [-0.4, -0.2) is 21.7 Å². The molecule has 3 rings (SSSR count). The Hall–Kier alpha value is -3.47. The van der Waals surface area contributed by atoms with Gasteiger partial charge in [-0.3, -0.25) is 14.6 Å². The first-order chi connectivity index (χ1) is 13.6. The lowest BCUT2D eigenvalue weighted by molar-refractivity contribution is -0.140. The maximum atomic E-state index is 13.1. The third kappa shape index (κ3) is 5.04. The van der Waals surface area contributed by atoms with Gasteiger partial charge in [-0.05, 0) is 28.8 Å². The number of pyridine rings is 1. The summed E-state index contributed by atoms with van der Waals surface area (Å²) in [6, 6.07) is 22.1. The van der Waals surface area contributed by atoms with E-state index in [1.165, 1.54) is 6.92 Å². The quantitative estimate of drug-likeness (QED) is 0.690. The van der Waals surface area contributed by atoms with Crippen molar-refractivity contribution in [1.82, 2.24) is 15.2 Å². The Morgan fingerprint density at radius 2 is 1.50 bits per heavy atom. The van der Waals surface area contributed by atoms with Crippen molar-refractivity contribution in [2.45, 2.75) is 26.1 Å². The number of amides is 2. The number of nitrogens with zero attached hydrogens (tertiary/aromatic N) is 2. The zero-order valence-electron chi connectivity index (χ0n) is 15.8. The molecule has 5 heteroatoms. The summed E-state index contributed by atoms with van der Waals surface area (Å²) in [5.41, 5.74) is 2.70. The standard InChI is InChI=1S/C23H23N3O2/c1-18(27)26(17-20-8-4-2-5-9-20)22(21-10-6-3-7-11-21)23(28)25-16-19-12-14-24-15-13-19/h2-15,22H,16-17H2,1H3,(H,25,28)/t22-/m0/s1. The van der Waals surface area contributed by atoms with E-state index < -0.39 is 6.04 Å². The summed E-state index contributed by atoms with van der Waals surface area (Å²) in [7, 11) is 0. The Kier molecular flexibility index (Phi) is 6.52. The molecular weight excluding hydrogens is 350 g/mol. The van der Waals surface area contributed by atoms with E-state index in [4.69, 9.17) is 0 Å². The first kappa shape index (κ1) is 19.3. The molecule has 28 heavy (non-hydrogen) atoms. The molecule has 1 N–H and O–H groups in total. The Labute approximate surface area is 165 Å². The van der Waals surface area contributed by atoms with Gasteiger partial charge >= 0.3 is 0 Å². The zero-order valence-corrected chi connectivity index (χ0v) is 15.8. The van der Waals surface area contributed by atoms with Gasteiger partial charge in [0.05, 0.1) is 0 Å². The number of hydrogen-bond acceptors (Lipinski definition) is 3. The molecule has 0 saturated carbocycles. The Morgan fingerprint density at radius 1 is 0.893 bits per heavy atom. The molecule has 0 spiro atoms. The lowest BCUT2D eigenvalue weighted by Crippen LogP contribution is -2.42. The average Bonchev–Trinajstić information content (AvgIpc) is 2.74. The lowest BCUT2D eigenvalue weighted by atomic mass is 10.0. The summed E-state index contributed by atoms with van der Waals surface area (Å²) in [6.45, 7) is 2.23. The van der Waals surface area contributed by atoms with Crippen LogP contribution in [0.1, 0.15) is 29.7 Å². The van der Waals surface area contributed by atoms with Gasteiger partial charge < -0.3 is 10.2 Å². The lowest BCUT2D eigenvalue weighted by Gasteiger charge is -2.30. The summed E-state index contributed by atoms with van der Waals surface area (Å²) in [6.07, 6.45) is 3.38. The molecule has 3 aromatic rings. The summed E-state index contributed by atoms with van der Waals surface area (Å²) in [5.74, 6) is -0.370. The molecule has 2 amide bonds. The molecule has 0 radical (unpaired) electrons. The Balaban J connectivity index is 1.86. The van der Waals surface area contributed by atoms with E-state index in [2.05, 4.69) is 10.3 Å². The number of nitrogens with one attached hydrogen (secondary N) is 1. The summed E-state index contributed by atoms with van der Waals surface area (Å²) >= 11 is 0. The highest BCUT2D eigenvalue weighted by molar-refractivity contribution is 5.88. The minimum Gasteiger partial charge on any atom is -0.350 e. The van der Waals surface area contributed by atoms with Gasteiger partial charge in [0, 0.05) is 32.4 Å².